The van der Waals surface area contributed by atoms with E-state index < -0.39 is 10.8 Å². The molecule has 3 rings (SSSR count). The van der Waals surface area contributed by atoms with Gasteiger partial charge in [0.05, 0.1) is 10.9 Å². The van der Waals surface area contributed by atoms with E-state index in [1.54, 1.807) is 24.3 Å². The number of hydrogen-bond acceptors (Lipinski definition) is 6. The zero-order valence-electron chi connectivity index (χ0n) is 19.3. The maximum Gasteiger partial charge on any atom is 0.278 e. The molecule has 0 aliphatic heterocycles. The molecule has 2 aromatic carbocycles. The standard InChI is InChI=1S/C24H27N5O3S/c1-6-19(22(31)26-20-14(3)11-13(2)12-15(20)4)33-24-27-23(32)21(28-29-24)17-9-7-8-10-18(17)25-16(5)30/h7-12,19H,6H2,1-5H3,(H,25,30)(H,26,31)(H,27,29,32)/t19-/m1/s1. The third-order valence-corrected chi connectivity index (χ3v) is 6.25. The second-order valence-corrected chi connectivity index (χ2v) is 9.00. The fourth-order valence-electron chi connectivity index (χ4n) is 3.58. The fraction of sp³-hybridized carbons (Fsp3) is 0.292. The van der Waals surface area contributed by atoms with Gasteiger partial charge in [-0.1, -0.05) is 54.6 Å². The second-order valence-electron chi connectivity index (χ2n) is 7.81. The van der Waals surface area contributed by atoms with Gasteiger partial charge in [0, 0.05) is 18.2 Å². The van der Waals surface area contributed by atoms with Crippen LogP contribution in [0.2, 0.25) is 0 Å². The van der Waals surface area contributed by atoms with E-state index in [1.807, 2.05) is 39.8 Å². The van der Waals surface area contributed by atoms with E-state index in [9.17, 15) is 14.4 Å². The van der Waals surface area contributed by atoms with Gasteiger partial charge in [-0.05, 0) is 44.4 Å². The lowest BCUT2D eigenvalue weighted by Gasteiger charge is -2.17. The number of H-pyrrole nitrogens is 1. The van der Waals surface area contributed by atoms with Gasteiger partial charge in [0.15, 0.2) is 10.9 Å². The van der Waals surface area contributed by atoms with Crippen LogP contribution < -0.4 is 16.2 Å². The van der Waals surface area contributed by atoms with Crippen LogP contribution in [0.15, 0.2) is 46.3 Å². The molecule has 1 aromatic heterocycles. The van der Waals surface area contributed by atoms with Crippen molar-refractivity contribution in [3.63, 3.8) is 0 Å². The molecule has 3 aromatic rings. The quantitative estimate of drug-likeness (QED) is 0.450. The van der Waals surface area contributed by atoms with Gasteiger partial charge in [0.1, 0.15) is 0 Å². The monoisotopic (exact) mass is 465 g/mol. The van der Waals surface area contributed by atoms with Gasteiger partial charge in [-0.15, -0.1) is 10.2 Å². The van der Waals surface area contributed by atoms with Gasteiger partial charge < -0.3 is 10.6 Å². The first-order valence-electron chi connectivity index (χ1n) is 10.6. The Morgan fingerprint density at radius 2 is 1.73 bits per heavy atom. The van der Waals surface area contributed by atoms with E-state index in [0.717, 1.165) is 34.1 Å². The molecular weight excluding hydrogens is 438 g/mol. The summed E-state index contributed by atoms with van der Waals surface area (Å²) in [6.07, 6.45) is 0.539. The lowest BCUT2D eigenvalue weighted by Crippen LogP contribution is -2.26. The molecule has 0 unspecified atom stereocenters. The molecule has 172 valence electrons. The molecule has 0 aliphatic rings. The maximum absolute atomic E-state index is 12.9. The Kier molecular flexibility index (Phi) is 7.65. The highest BCUT2D eigenvalue weighted by Crippen LogP contribution is 2.27. The molecule has 0 saturated carbocycles. The molecule has 9 heteroatoms. The second kappa shape index (κ2) is 10.4. The number of anilines is 2. The Hall–Kier alpha value is -3.46. The number of amides is 2. The Bertz CT molecular complexity index is 1230. The van der Waals surface area contributed by atoms with Crippen LogP contribution in [0, 0.1) is 20.8 Å². The number of nitrogens with zero attached hydrogens (tertiary/aromatic N) is 2. The van der Waals surface area contributed by atoms with Gasteiger partial charge in [-0.25, -0.2) is 0 Å². The number of para-hydroxylation sites is 1. The summed E-state index contributed by atoms with van der Waals surface area (Å²) in [6, 6.07) is 10.9. The number of benzene rings is 2. The van der Waals surface area contributed by atoms with Gasteiger partial charge >= 0.3 is 0 Å². The van der Waals surface area contributed by atoms with Gasteiger partial charge in [-0.3, -0.25) is 19.4 Å². The van der Waals surface area contributed by atoms with Crippen LogP contribution in [0.25, 0.3) is 11.3 Å². The Morgan fingerprint density at radius 1 is 1.06 bits per heavy atom. The van der Waals surface area contributed by atoms with Crippen LogP contribution in [0.5, 0.6) is 0 Å². The smallest absolute Gasteiger partial charge is 0.278 e. The Labute approximate surface area is 196 Å². The normalized spacial score (nSPS) is 11.7. The maximum atomic E-state index is 12.9. The van der Waals surface area contributed by atoms with Crippen molar-refractivity contribution in [1.82, 2.24) is 15.2 Å². The highest BCUT2D eigenvalue weighted by atomic mass is 32.2. The van der Waals surface area contributed by atoms with Crippen molar-refractivity contribution in [1.29, 1.82) is 0 Å². The lowest BCUT2D eigenvalue weighted by molar-refractivity contribution is -0.116. The number of thioether (sulfide) groups is 1. The zero-order chi connectivity index (χ0) is 24.1. The molecule has 0 saturated heterocycles. The zero-order valence-corrected chi connectivity index (χ0v) is 20.1. The molecule has 8 nitrogen and oxygen atoms in total. The summed E-state index contributed by atoms with van der Waals surface area (Å²) < 4.78 is 0. The molecule has 0 radical (unpaired) electrons. The van der Waals surface area contributed by atoms with Crippen molar-refractivity contribution >= 4 is 35.0 Å². The summed E-state index contributed by atoms with van der Waals surface area (Å²) >= 11 is 1.15. The van der Waals surface area contributed by atoms with Crippen molar-refractivity contribution in [2.45, 2.75) is 51.4 Å². The summed E-state index contributed by atoms with van der Waals surface area (Å²) in [5.74, 6) is -0.421. The minimum atomic E-state index is -0.465. The molecule has 0 fully saturated rings. The van der Waals surface area contributed by atoms with Crippen molar-refractivity contribution in [3.8, 4) is 11.3 Å². The van der Waals surface area contributed by atoms with Gasteiger partial charge in [-0.2, -0.15) is 0 Å². The average molecular weight is 466 g/mol. The number of aromatic nitrogens is 3. The Balaban J connectivity index is 1.81. The molecule has 3 N–H and O–H groups in total. The van der Waals surface area contributed by atoms with Crippen molar-refractivity contribution in [2.75, 3.05) is 10.6 Å². The van der Waals surface area contributed by atoms with Gasteiger partial charge in [0.25, 0.3) is 5.56 Å². The number of carbonyl (C=O) groups is 2. The van der Waals surface area contributed by atoms with Crippen LogP contribution >= 0.6 is 11.8 Å². The average Bonchev–Trinajstić information content (AvgIpc) is 2.74. The summed E-state index contributed by atoms with van der Waals surface area (Å²) in [5, 5.41) is 13.7. The first-order valence-corrected chi connectivity index (χ1v) is 11.5. The van der Waals surface area contributed by atoms with Gasteiger partial charge in [0.2, 0.25) is 11.8 Å². The van der Waals surface area contributed by atoms with Crippen molar-refractivity contribution in [2.24, 2.45) is 0 Å². The SMILES string of the molecule is CC[C@@H](Sc1nnc(-c2ccccc2NC(C)=O)c(=O)[nH]1)C(=O)Nc1c(C)cc(C)cc1C. The Morgan fingerprint density at radius 3 is 2.33 bits per heavy atom. The number of hydrogen-bond donors (Lipinski definition) is 3. The summed E-state index contributed by atoms with van der Waals surface area (Å²) in [4.78, 5) is 39.9. The van der Waals surface area contributed by atoms with Crippen LogP contribution in [0.3, 0.4) is 0 Å². The first-order chi connectivity index (χ1) is 15.7. The molecule has 1 atom stereocenters. The fourth-order valence-corrected chi connectivity index (χ4v) is 4.42. The van der Waals surface area contributed by atoms with Crippen molar-refractivity contribution < 1.29 is 9.59 Å². The molecule has 0 aliphatic carbocycles. The van der Waals surface area contributed by atoms with Crippen LogP contribution in [0.4, 0.5) is 11.4 Å². The predicted molar refractivity (Wildman–Crippen MR) is 132 cm³/mol. The van der Waals surface area contributed by atoms with Crippen LogP contribution in [0.1, 0.15) is 37.0 Å². The number of nitrogens with one attached hydrogen (secondary N) is 3. The van der Waals surface area contributed by atoms with Crippen LogP contribution in [-0.2, 0) is 9.59 Å². The van der Waals surface area contributed by atoms with E-state index >= 15 is 0 Å². The predicted octanol–water partition coefficient (Wildman–Crippen LogP) is 4.22. The minimum Gasteiger partial charge on any atom is -0.326 e. The molecule has 2 amide bonds. The summed E-state index contributed by atoms with van der Waals surface area (Å²) in [6.45, 7) is 9.23. The van der Waals surface area contributed by atoms with Crippen LogP contribution in [-0.4, -0.2) is 32.2 Å². The molecule has 1 heterocycles. The number of aryl methyl sites for hydroxylation is 3. The van der Waals surface area contributed by atoms with E-state index in [-0.39, 0.29) is 22.7 Å². The summed E-state index contributed by atoms with van der Waals surface area (Å²) in [7, 11) is 0. The van der Waals surface area contributed by atoms with Crippen molar-refractivity contribution in [3.05, 3.63) is 63.4 Å². The highest BCUT2D eigenvalue weighted by molar-refractivity contribution is 8.00. The third-order valence-electron chi connectivity index (χ3n) is 5.01. The van der Waals surface area contributed by atoms with E-state index in [4.69, 9.17) is 0 Å². The number of rotatable bonds is 7. The molecule has 33 heavy (non-hydrogen) atoms. The summed E-state index contributed by atoms with van der Waals surface area (Å²) in [5.41, 5.74) is 4.50. The minimum absolute atomic E-state index is 0.0899. The highest BCUT2D eigenvalue weighted by Gasteiger charge is 2.22. The first kappa shape index (κ1) is 24.2. The molecule has 0 bridgehead atoms. The molecule has 0 spiro atoms. The topological polar surface area (TPSA) is 117 Å². The van der Waals surface area contributed by atoms with E-state index in [1.165, 1.54) is 6.92 Å². The third kappa shape index (κ3) is 5.87. The van der Waals surface area contributed by atoms with E-state index in [0.29, 0.717) is 17.7 Å². The molecular formula is C24H27N5O3S. The number of aromatic amines is 1. The van der Waals surface area contributed by atoms with E-state index in [2.05, 4.69) is 25.8 Å². The lowest BCUT2D eigenvalue weighted by atomic mass is 10.0. The largest absolute Gasteiger partial charge is 0.326 e. The number of carbonyl (C=O) groups excluding carboxylic acids is 2.